The molecule has 0 fully saturated rings. The third-order valence-corrected chi connectivity index (χ3v) is 5.24. The van der Waals surface area contributed by atoms with Gasteiger partial charge in [0, 0.05) is 17.0 Å². The molecule has 0 radical (unpaired) electrons. The zero-order valence-electron chi connectivity index (χ0n) is 14.0. The van der Waals surface area contributed by atoms with Crippen molar-refractivity contribution in [3.8, 4) is 6.07 Å². The molecule has 0 saturated carbocycles. The molecule has 128 valence electrons. The fourth-order valence-corrected chi connectivity index (χ4v) is 4.07. The van der Waals surface area contributed by atoms with Gasteiger partial charge in [-0.05, 0) is 31.0 Å². The number of carbonyl (C=O) groups excluding carboxylic acids is 2. The molecule has 0 atom stereocenters. The number of aryl methyl sites for hydroxylation is 1. The van der Waals surface area contributed by atoms with Crippen LogP contribution in [-0.2, 0) is 17.7 Å². The molecule has 7 heteroatoms. The number of carbonyl (C=O) groups is 2. The van der Waals surface area contributed by atoms with Gasteiger partial charge in [-0.1, -0.05) is 17.7 Å². The molecule has 1 N–H and O–H groups in total. The predicted octanol–water partition coefficient (Wildman–Crippen LogP) is 3.31. The molecule has 2 heterocycles. The number of nitriles is 1. The van der Waals surface area contributed by atoms with Crippen molar-refractivity contribution in [1.29, 1.82) is 5.26 Å². The predicted molar refractivity (Wildman–Crippen MR) is 94.7 cm³/mol. The van der Waals surface area contributed by atoms with Gasteiger partial charge in [-0.25, -0.2) is 4.79 Å². The number of thiophene rings is 1. The van der Waals surface area contributed by atoms with Gasteiger partial charge in [0.1, 0.15) is 11.1 Å². The average Bonchev–Trinajstić information content (AvgIpc) is 2.96. The van der Waals surface area contributed by atoms with Gasteiger partial charge < -0.3 is 15.0 Å². The van der Waals surface area contributed by atoms with E-state index in [4.69, 9.17) is 4.74 Å². The summed E-state index contributed by atoms with van der Waals surface area (Å²) >= 11 is 1.34. The Labute approximate surface area is 149 Å². The van der Waals surface area contributed by atoms with Crippen LogP contribution in [0.25, 0.3) is 0 Å². The van der Waals surface area contributed by atoms with Crippen molar-refractivity contribution in [2.75, 3.05) is 19.0 Å². The fraction of sp³-hybridized carbons (Fsp3) is 0.278. The van der Waals surface area contributed by atoms with Gasteiger partial charge in [-0.2, -0.15) is 5.26 Å². The molecule has 25 heavy (non-hydrogen) atoms. The van der Waals surface area contributed by atoms with Crippen LogP contribution in [0.3, 0.4) is 0 Å². The maximum atomic E-state index is 12.5. The van der Waals surface area contributed by atoms with Gasteiger partial charge >= 0.3 is 6.09 Å². The largest absolute Gasteiger partial charge is 0.453 e. The van der Waals surface area contributed by atoms with Gasteiger partial charge in [-0.15, -0.1) is 11.3 Å². The van der Waals surface area contributed by atoms with Crippen LogP contribution in [-0.4, -0.2) is 30.6 Å². The molecule has 1 aliphatic rings. The summed E-state index contributed by atoms with van der Waals surface area (Å²) in [4.78, 5) is 26.7. The number of nitrogens with one attached hydrogen (secondary N) is 1. The minimum Gasteiger partial charge on any atom is -0.453 e. The van der Waals surface area contributed by atoms with E-state index in [0.717, 1.165) is 16.0 Å². The van der Waals surface area contributed by atoms with Crippen molar-refractivity contribution >= 4 is 28.3 Å². The number of nitrogens with zero attached hydrogens (tertiary/aromatic N) is 2. The van der Waals surface area contributed by atoms with Gasteiger partial charge in [0.2, 0.25) is 0 Å². The third-order valence-electron chi connectivity index (χ3n) is 4.11. The molecule has 0 spiro atoms. The number of methoxy groups -OCH3 is 1. The highest BCUT2D eigenvalue weighted by Gasteiger charge is 2.28. The highest BCUT2D eigenvalue weighted by molar-refractivity contribution is 7.16. The van der Waals surface area contributed by atoms with E-state index >= 15 is 0 Å². The average molecular weight is 355 g/mol. The first kappa shape index (κ1) is 17.0. The second-order valence-corrected chi connectivity index (χ2v) is 6.89. The first-order valence-electron chi connectivity index (χ1n) is 7.79. The molecule has 0 bridgehead atoms. The van der Waals surface area contributed by atoms with Gasteiger partial charge in [0.05, 0.1) is 19.2 Å². The molecule has 6 nitrogen and oxygen atoms in total. The van der Waals surface area contributed by atoms with E-state index in [1.807, 2.05) is 19.1 Å². The Morgan fingerprint density at radius 3 is 2.88 bits per heavy atom. The Morgan fingerprint density at radius 2 is 2.20 bits per heavy atom. The minimum absolute atomic E-state index is 0.247. The van der Waals surface area contributed by atoms with E-state index < -0.39 is 0 Å². The second kappa shape index (κ2) is 6.95. The highest BCUT2D eigenvalue weighted by Crippen LogP contribution is 2.37. The number of ether oxygens (including phenoxy) is 1. The van der Waals surface area contributed by atoms with E-state index in [2.05, 4.69) is 11.4 Å². The lowest BCUT2D eigenvalue weighted by Gasteiger charge is -2.25. The van der Waals surface area contributed by atoms with Crippen LogP contribution in [0.4, 0.5) is 9.80 Å². The van der Waals surface area contributed by atoms with Crippen LogP contribution < -0.4 is 5.32 Å². The number of fused-ring (bicyclic) bond motifs is 1. The first-order valence-corrected chi connectivity index (χ1v) is 8.60. The molecule has 1 aliphatic heterocycles. The topological polar surface area (TPSA) is 82.4 Å². The molecular weight excluding hydrogens is 338 g/mol. The zero-order chi connectivity index (χ0) is 18.0. The van der Waals surface area contributed by atoms with E-state index in [0.29, 0.717) is 35.6 Å². The van der Waals surface area contributed by atoms with Crippen molar-refractivity contribution in [1.82, 2.24) is 4.90 Å². The number of hydrogen-bond acceptors (Lipinski definition) is 5. The Morgan fingerprint density at radius 1 is 1.40 bits per heavy atom. The normalized spacial score (nSPS) is 12.9. The molecule has 2 aromatic rings. The van der Waals surface area contributed by atoms with Crippen LogP contribution >= 0.6 is 11.3 Å². The van der Waals surface area contributed by atoms with Crippen LogP contribution in [0, 0.1) is 18.3 Å². The lowest BCUT2D eigenvalue weighted by molar-refractivity contribution is 0.102. The summed E-state index contributed by atoms with van der Waals surface area (Å²) in [5, 5.41) is 12.9. The number of benzene rings is 1. The van der Waals surface area contributed by atoms with E-state index in [9.17, 15) is 14.9 Å². The Bertz CT molecular complexity index is 882. The molecule has 0 unspecified atom stereocenters. The molecule has 3 rings (SSSR count). The maximum absolute atomic E-state index is 12.5. The van der Waals surface area contributed by atoms with E-state index in [1.165, 1.54) is 18.4 Å². The van der Waals surface area contributed by atoms with Crippen molar-refractivity contribution in [3.63, 3.8) is 0 Å². The zero-order valence-corrected chi connectivity index (χ0v) is 14.8. The number of hydrogen-bond donors (Lipinski definition) is 1. The quantitative estimate of drug-likeness (QED) is 0.896. The summed E-state index contributed by atoms with van der Waals surface area (Å²) in [6, 6.07) is 9.47. The number of anilines is 1. The van der Waals surface area contributed by atoms with E-state index in [1.54, 1.807) is 17.0 Å². The number of amides is 2. The lowest BCUT2D eigenvalue weighted by atomic mass is 10.0. The lowest BCUT2D eigenvalue weighted by Crippen LogP contribution is -2.35. The second-order valence-electron chi connectivity index (χ2n) is 5.78. The molecule has 2 amide bonds. The molecule has 0 saturated heterocycles. The molecular formula is C18H17N3O3S. The summed E-state index contributed by atoms with van der Waals surface area (Å²) in [5.41, 5.74) is 2.94. The summed E-state index contributed by atoms with van der Waals surface area (Å²) in [6.45, 7) is 2.81. The van der Waals surface area contributed by atoms with Crippen molar-refractivity contribution in [2.24, 2.45) is 0 Å². The van der Waals surface area contributed by atoms with Crippen LogP contribution in [0.15, 0.2) is 24.3 Å². The summed E-state index contributed by atoms with van der Waals surface area (Å²) in [7, 11) is 1.35. The first-order chi connectivity index (χ1) is 12.0. The summed E-state index contributed by atoms with van der Waals surface area (Å²) in [6.07, 6.45) is 0.187. The molecule has 0 aliphatic carbocycles. The monoisotopic (exact) mass is 355 g/mol. The van der Waals surface area contributed by atoms with Crippen LogP contribution in [0.5, 0.6) is 0 Å². The summed E-state index contributed by atoms with van der Waals surface area (Å²) < 4.78 is 4.76. The Kier molecular flexibility index (Phi) is 4.72. The maximum Gasteiger partial charge on any atom is 0.409 e. The smallest absolute Gasteiger partial charge is 0.409 e. The van der Waals surface area contributed by atoms with Crippen LogP contribution in [0.2, 0.25) is 0 Å². The summed E-state index contributed by atoms with van der Waals surface area (Å²) in [5.74, 6) is -0.247. The van der Waals surface area contributed by atoms with Gasteiger partial charge in [0.15, 0.2) is 0 Å². The van der Waals surface area contributed by atoms with E-state index in [-0.39, 0.29) is 12.0 Å². The minimum atomic E-state index is -0.386. The number of rotatable bonds is 2. The molecule has 1 aromatic heterocycles. The van der Waals surface area contributed by atoms with Crippen molar-refractivity contribution in [3.05, 3.63) is 51.4 Å². The SMILES string of the molecule is COC(=O)N1CCc2c(sc(NC(=O)c3cccc(C)c3)c2C#N)C1. The molecule has 1 aromatic carbocycles. The van der Waals surface area contributed by atoms with Crippen molar-refractivity contribution < 1.29 is 14.3 Å². The van der Waals surface area contributed by atoms with Gasteiger partial charge in [-0.3, -0.25) is 4.79 Å². The van der Waals surface area contributed by atoms with Crippen molar-refractivity contribution in [2.45, 2.75) is 19.9 Å². The standard InChI is InChI=1S/C18H17N3O3S/c1-11-4-3-5-12(8-11)16(22)20-17-14(9-19)13-6-7-21(18(23)24-2)10-15(13)25-17/h3-5,8H,6-7,10H2,1-2H3,(H,20,22). The Hall–Kier alpha value is -2.85. The fourth-order valence-electron chi connectivity index (χ4n) is 2.86. The van der Waals surface area contributed by atoms with Crippen LogP contribution in [0.1, 0.15) is 31.9 Å². The van der Waals surface area contributed by atoms with Gasteiger partial charge in [0.25, 0.3) is 5.91 Å². The Balaban J connectivity index is 1.86. The highest BCUT2D eigenvalue weighted by atomic mass is 32.1. The third kappa shape index (κ3) is 3.35.